The van der Waals surface area contributed by atoms with Gasteiger partial charge >= 0.3 is 18.4 Å². The molecule has 1 saturated carbocycles. The van der Waals surface area contributed by atoms with Crippen molar-refractivity contribution in [1.82, 2.24) is 4.57 Å². The highest BCUT2D eigenvalue weighted by Gasteiger charge is 2.72. The number of nitrogens with zero attached hydrogens (tertiary/aromatic N) is 2. The first-order valence-electron chi connectivity index (χ1n) is 16.3. The predicted molar refractivity (Wildman–Crippen MR) is 181 cm³/mol. The van der Waals surface area contributed by atoms with Crippen molar-refractivity contribution in [1.29, 1.82) is 5.26 Å². The zero-order valence-electron chi connectivity index (χ0n) is 27.3. The lowest BCUT2D eigenvalue weighted by molar-refractivity contribution is -0.283. The van der Waals surface area contributed by atoms with E-state index in [1.807, 2.05) is 48.5 Å². The van der Waals surface area contributed by atoms with E-state index < -0.39 is 45.2 Å². The summed E-state index contributed by atoms with van der Waals surface area (Å²) in [5.41, 5.74) is -3.04. The van der Waals surface area contributed by atoms with E-state index in [4.69, 9.17) is 10.00 Å². The van der Waals surface area contributed by atoms with E-state index in [9.17, 15) is 44.3 Å². The average Bonchev–Trinajstić information content (AvgIpc) is 3.73. The molecular weight excluding hydrogens is 724 g/mol. The number of halogens is 6. The van der Waals surface area contributed by atoms with Gasteiger partial charge < -0.3 is 10.1 Å². The van der Waals surface area contributed by atoms with Gasteiger partial charge in [0.05, 0.1) is 16.7 Å². The smallest absolute Gasteiger partial charge is 0.420 e. The van der Waals surface area contributed by atoms with Gasteiger partial charge in [0.15, 0.2) is 9.84 Å². The highest BCUT2D eigenvalue weighted by molar-refractivity contribution is 7.91. The van der Waals surface area contributed by atoms with E-state index >= 15 is 0 Å². The number of sulfone groups is 1. The van der Waals surface area contributed by atoms with Gasteiger partial charge in [0.25, 0.3) is 11.3 Å². The van der Waals surface area contributed by atoms with Gasteiger partial charge in [-0.15, -0.1) is 0 Å². The molecule has 1 aromatic heterocycles. The van der Waals surface area contributed by atoms with Crippen molar-refractivity contribution in [2.24, 2.45) is 5.92 Å². The van der Waals surface area contributed by atoms with Crippen LogP contribution in [0.3, 0.4) is 0 Å². The number of carbonyl (C=O) groups excluding carboxylic acids is 2. The van der Waals surface area contributed by atoms with Crippen LogP contribution in [-0.2, 0) is 20.0 Å². The number of hydrogen-bond donors (Lipinski definition) is 1. The van der Waals surface area contributed by atoms with Gasteiger partial charge in [-0.2, -0.15) is 31.6 Å². The molecule has 0 radical (unpaired) electrons. The summed E-state index contributed by atoms with van der Waals surface area (Å²) in [6.07, 6.45) is -10.2. The quantitative estimate of drug-likeness (QED) is 0.159. The fourth-order valence-electron chi connectivity index (χ4n) is 6.79. The minimum atomic E-state index is -6.02. The summed E-state index contributed by atoms with van der Waals surface area (Å²) in [5.74, 6) is -1.38. The normalized spacial score (nSPS) is 14.7. The molecular formula is C38H27F6N3O5S. The standard InChI is InChI=1S/C38H27F6N3O5S/c39-37(40,41)36(21-45,38(42,43)44)24-11-13-25(14-12-24)46-34(48)33-27-16-15-26(53(50,51)20-22-9-10-22)17-23(27)18-47(33)35(49)52-19-32-30-7-3-1-5-28(30)29-6-2-4-8-31(29)32/h1-8,11-18,22,32H,9-10,19-20H2,(H,46,48). The van der Waals surface area contributed by atoms with E-state index in [2.05, 4.69) is 5.32 Å². The number of fused-ring (bicyclic) bond motifs is 4. The van der Waals surface area contributed by atoms with Crippen LogP contribution in [0.25, 0.3) is 21.9 Å². The van der Waals surface area contributed by atoms with Crippen molar-refractivity contribution >= 4 is 38.3 Å². The van der Waals surface area contributed by atoms with Crippen LogP contribution in [0.4, 0.5) is 36.8 Å². The van der Waals surface area contributed by atoms with Crippen molar-refractivity contribution in [2.45, 2.75) is 41.4 Å². The number of hydrogen-bond acceptors (Lipinski definition) is 6. The van der Waals surface area contributed by atoms with Crippen molar-refractivity contribution < 1.29 is 49.1 Å². The minimum absolute atomic E-state index is 0.0283. The van der Waals surface area contributed by atoms with Crippen LogP contribution in [0, 0.1) is 17.2 Å². The maximum Gasteiger partial charge on any atom is 0.420 e. The molecule has 0 atom stereocenters. The summed E-state index contributed by atoms with van der Waals surface area (Å²) in [7, 11) is -3.71. The molecule has 53 heavy (non-hydrogen) atoms. The molecule has 15 heteroatoms. The molecule has 1 fully saturated rings. The van der Waals surface area contributed by atoms with E-state index in [0.717, 1.165) is 51.8 Å². The van der Waals surface area contributed by atoms with E-state index in [0.29, 0.717) is 18.2 Å². The highest BCUT2D eigenvalue weighted by Crippen LogP contribution is 2.52. The number of anilines is 1. The second-order valence-corrected chi connectivity index (χ2v) is 15.0. The number of carbonyl (C=O) groups is 2. The molecule has 8 nitrogen and oxygen atoms in total. The molecule has 1 amide bonds. The lowest BCUT2D eigenvalue weighted by Crippen LogP contribution is -2.52. The van der Waals surface area contributed by atoms with Gasteiger partial charge in [-0.3, -0.25) is 4.79 Å². The number of aromatic nitrogens is 1. The van der Waals surface area contributed by atoms with Crippen LogP contribution in [0.2, 0.25) is 0 Å². The highest BCUT2D eigenvalue weighted by atomic mass is 32.2. The number of amides is 1. The molecule has 0 aliphatic heterocycles. The van der Waals surface area contributed by atoms with Gasteiger partial charge in [0, 0.05) is 28.6 Å². The number of nitrogens with one attached hydrogen (secondary N) is 1. The largest absolute Gasteiger partial charge is 0.448 e. The Morgan fingerprint density at radius 1 is 0.849 bits per heavy atom. The fourth-order valence-corrected chi connectivity index (χ4v) is 8.52. The maximum atomic E-state index is 13.8. The zero-order valence-corrected chi connectivity index (χ0v) is 28.1. The van der Waals surface area contributed by atoms with Crippen LogP contribution in [0.5, 0.6) is 0 Å². The van der Waals surface area contributed by atoms with E-state index in [1.165, 1.54) is 24.4 Å². The van der Waals surface area contributed by atoms with E-state index in [1.54, 1.807) is 0 Å². The lowest BCUT2D eigenvalue weighted by Gasteiger charge is -2.31. The second-order valence-electron chi connectivity index (χ2n) is 13.0. The van der Waals surface area contributed by atoms with Crippen molar-refractivity contribution in [3.63, 3.8) is 0 Å². The van der Waals surface area contributed by atoms with Crippen molar-refractivity contribution in [2.75, 3.05) is 17.7 Å². The fraction of sp³-hybridized carbons (Fsp3) is 0.237. The molecule has 0 bridgehead atoms. The summed E-state index contributed by atoms with van der Waals surface area (Å²) < 4.78 is 115. The summed E-state index contributed by atoms with van der Waals surface area (Å²) >= 11 is 0. The summed E-state index contributed by atoms with van der Waals surface area (Å²) in [6, 6.07) is 21.9. The van der Waals surface area contributed by atoms with Gasteiger partial charge in [-0.1, -0.05) is 66.7 Å². The summed E-state index contributed by atoms with van der Waals surface area (Å²) in [6.45, 7) is -0.135. The second kappa shape index (κ2) is 12.8. The SMILES string of the molecule is N#CC(c1ccc(NC(=O)c2c3ccc(S(=O)(=O)CC4CC4)cc3cn2C(=O)OCC2c3ccccc3-c3ccccc32)cc1)(C(F)(F)F)C(F)(F)F. The van der Waals surface area contributed by atoms with Crippen LogP contribution in [0.15, 0.2) is 102 Å². The Hall–Kier alpha value is -5.62. The molecule has 2 aliphatic carbocycles. The van der Waals surface area contributed by atoms with Crippen LogP contribution in [-0.4, -0.2) is 49.7 Å². The molecule has 5 aromatic rings. The molecule has 4 aromatic carbocycles. The van der Waals surface area contributed by atoms with Crippen LogP contribution in [0.1, 0.15) is 45.9 Å². The van der Waals surface area contributed by atoms with Gasteiger partial charge in [0.1, 0.15) is 12.3 Å². The Morgan fingerprint density at radius 2 is 1.43 bits per heavy atom. The first-order valence-corrected chi connectivity index (χ1v) is 17.9. The van der Waals surface area contributed by atoms with E-state index in [-0.39, 0.29) is 51.2 Å². The Morgan fingerprint density at radius 3 is 1.98 bits per heavy atom. The Kier molecular flexibility index (Phi) is 8.64. The van der Waals surface area contributed by atoms with Gasteiger partial charge in [-0.05, 0) is 70.8 Å². The molecule has 272 valence electrons. The molecule has 0 spiro atoms. The van der Waals surface area contributed by atoms with Gasteiger partial charge in [0.2, 0.25) is 0 Å². The number of benzene rings is 4. The van der Waals surface area contributed by atoms with Gasteiger partial charge in [-0.25, -0.2) is 17.8 Å². The number of nitriles is 1. The zero-order chi connectivity index (χ0) is 37.9. The van der Waals surface area contributed by atoms with Crippen molar-refractivity contribution in [3.05, 3.63) is 120 Å². The third-order valence-electron chi connectivity index (χ3n) is 9.64. The Bertz CT molecular complexity index is 2370. The summed E-state index contributed by atoms with van der Waals surface area (Å²) in [5, 5.41) is 11.8. The first kappa shape index (κ1) is 35.8. The number of alkyl halides is 6. The lowest BCUT2D eigenvalue weighted by atomic mass is 9.80. The average molecular weight is 752 g/mol. The number of rotatable bonds is 8. The Balaban J connectivity index is 1.22. The minimum Gasteiger partial charge on any atom is -0.448 e. The third-order valence-corrected chi connectivity index (χ3v) is 11.5. The van der Waals surface area contributed by atoms with Crippen LogP contribution < -0.4 is 5.32 Å². The maximum absolute atomic E-state index is 13.8. The predicted octanol–water partition coefficient (Wildman–Crippen LogP) is 8.76. The first-order chi connectivity index (χ1) is 25.1. The topological polar surface area (TPSA) is 118 Å². The molecule has 0 unspecified atom stereocenters. The monoisotopic (exact) mass is 751 g/mol. The summed E-state index contributed by atoms with van der Waals surface area (Å²) in [4.78, 5) is 27.6. The molecule has 1 heterocycles. The molecule has 7 rings (SSSR count). The van der Waals surface area contributed by atoms with Crippen molar-refractivity contribution in [3.8, 4) is 17.2 Å². The molecule has 1 N–H and O–H groups in total. The third kappa shape index (κ3) is 6.20. The number of ether oxygens (including phenoxy) is 1. The van der Waals surface area contributed by atoms with Crippen LogP contribution >= 0.6 is 0 Å². The molecule has 2 aliphatic rings. The Labute approximate surface area is 298 Å². The molecule has 0 saturated heterocycles.